The van der Waals surface area contributed by atoms with Crippen LogP contribution in [-0.4, -0.2) is 11.0 Å². The first-order valence-corrected chi connectivity index (χ1v) is 7.81. The lowest BCUT2D eigenvalue weighted by Gasteiger charge is -2.12. The lowest BCUT2D eigenvalue weighted by atomic mass is 9.96. The SMILES string of the molecule is CC[C@@H](C)c1ccc(-c2cc(C(=O)[O-])c3ccccc3n2)cc1. The van der Waals surface area contributed by atoms with E-state index in [-0.39, 0.29) is 5.56 Å². The molecule has 0 saturated carbocycles. The highest BCUT2D eigenvalue weighted by molar-refractivity contribution is 6.02. The van der Waals surface area contributed by atoms with Crippen molar-refractivity contribution in [1.82, 2.24) is 4.98 Å². The Kier molecular flexibility index (Phi) is 4.11. The molecule has 3 rings (SSSR count). The number of benzene rings is 2. The highest BCUT2D eigenvalue weighted by atomic mass is 16.4. The van der Waals surface area contributed by atoms with Gasteiger partial charge >= 0.3 is 0 Å². The summed E-state index contributed by atoms with van der Waals surface area (Å²) in [4.78, 5) is 16.0. The Bertz CT molecular complexity index is 853. The Balaban J connectivity index is 2.11. The van der Waals surface area contributed by atoms with Gasteiger partial charge in [-0.25, -0.2) is 4.98 Å². The summed E-state index contributed by atoms with van der Waals surface area (Å²) >= 11 is 0. The highest BCUT2D eigenvalue weighted by Gasteiger charge is 2.09. The van der Waals surface area contributed by atoms with Crippen molar-refractivity contribution in [1.29, 1.82) is 0 Å². The molecule has 0 aliphatic rings. The molecule has 116 valence electrons. The first kappa shape index (κ1) is 15.2. The molecule has 0 bridgehead atoms. The van der Waals surface area contributed by atoms with E-state index in [9.17, 15) is 9.90 Å². The average molecular weight is 304 g/mol. The zero-order valence-electron chi connectivity index (χ0n) is 13.2. The molecule has 3 aromatic rings. The molecule has 1 aromatic heterocycles. The van der Waals surface area contributed by atoms with Gasteiger partial charge in [-0.3, -0.25) is 0 Å². The third-order valence-electron chi connectivity index (χ3n) is 4.32. The van der Waals surface area contributed by atoms with Crippen LogP contribution in [0.4, 0.5) is 0 Å². The van der Waals surface area contributed by atoms with Crippen LogP contribution in [0.2, 0.25) is 0 Å². The molecule has 1 atom stereocenters. The summed E-state index contributed by atoms with van der Waals surface area (Å²) in [7, 11) is 0. The minimum atomic E-state index is -1.18. The quantitative estimate of drug-likeness (QED) is 0.737. The Morgan fingerprint density at radius 2 is 1.83 bits per heavy atom. The molecule has 0 amide bonds. The van der Waals surface area contributed by atoms with E-state index in [1.165, 1.54) is 5.56 Å². The van der Waals surface area contributed by atoms with E-state index in [2.05, 4.69) is 31.0 Å². The van der Waals surface area contributed by atoms with E-state index in [0.717, 1.165) is 12.0 Å². The maximum absolute atomic E-state index is 11.4. The largest absolute Gasteiger partial charge is 0.545 e. The van der Waals surface area contributed by atoms with Crippen LogP contribution in [0.25, 0.3) is 22.2 Å². The van der Waals surface area contributed by atoms with Gasteiger partial charge in [0.1, 0.15) is 0 Å². The van der Waals surface area contributed by atoms with E-state index in [0.29, 0.717) is 22.5 Å². The van der Waals surface area contributed by atoms with Crippen molar-refractivity contribution in [2.75, 3.05) is 0 Å². The minimum absolute atomic E-state index is 0.177. The Morgan fingerprint density at radius 1 is 1.13 bits per heavy atom. The second-order valence-corrected chi connectivity index (χ2v) is 5.79. The summed E-state index contributed by atoms with van der Waals surface area (Å²) < 4.78 is 0. The summed E-state index contributed by atoms with van der Waals surface area (Å²) in [5.41, 5.74) is 3.67. The predicted molar refractivity (Wildman–Crippen MR) is 90.2 cm³/mol. The second-order valence-electron chi connectivity index (χ2n) is 5.79. The van der Waals surface area contributed by atoms with Crippen LogP contribution >= 0.6 is 0 Å². The van der Waals surface area contributed by atoms with E-state index < -0.39 is 5.97 Å². The number of pyridine rings is 1. The molecule has 23 heavy (non-hydrogen) atoms. The lowest BCUT2D eigenvalue weighted by molar-refractivity contribution is -0.254. The maximum atomic E-state index is 11.4. The highest BCUT2D eigenvalue weighted by Crippen LogP contribution is 2.26. The maximum Gasteiger partial charge on any atom is 0.0722 e. The summed E-state index contributed by atoms with van der Waals surface area (Å²) in [6.45, 7) is 4.35. The predicted octanol–water partition coefficient (Wildman–Crippen LogP) is 3.78. The number of fused-ring (bicyclic) bond motifs is 1. The summed E-state index contributed by atoms with van der Waals surface area (Å²) in [6, 6.07) is 17.0. The fourth-order valence-corrected chi connectivity index (χ4v) is 2.71. The number of hydrogen-bond donors (Lipinski definition) is 0. The number of aromatic carboxylic acids is 1. The van der Waals surface area contributed by atoms with Crippen LogP contribution in [0.5, 0.6) is 0 Å². The third kappa shape index (κ3) is 2.95. The lowest BCUT2D eigenvalue weighted by Crippen LogP contribution is -2.22. The van der Waals surface area contributed by atoms with Crippen molar-refractivity contribution in [3.05, 3.63) is 65.7 Å². The van der Waals surface area contributed by atoms with Gasteiger partial charge in [-0.15, -0.1) is 0 Å². The molecule has 0 saturated heterocycles. The van der Waals surface area contributed by atoms with E-state index in [1.807, 2.05) is 24.3 Å². The van der Waals surface area contributed by atoms with Gasteiger partial charge in [0, 0.05) is 16.5 Å². The molecule has 1 heterocycles. The second kappa shape index (κ2) is 6.21. The number of carboxylic acid groups (broad SMARTS) is 1. The van der Waals surface area contributed by atoms with Crippen LogP contribution in [0.1, 0.15) is 42.1 Å². The van der Waals surface area contributed by atoms with E-state index >= 15 is 0 Å². The first-order chi connectivity index (χ1) is 11.1. The van der Waals surface area contributed by atoms with E-state index in [4.69, 9.17) is 0 Å². The van der Waals surface area contributed by atoms with Crippen molar-refractivity contribution < 1.29 is 9.90 Å². The summed E-state index contributed by atoms with van der Waals surface area (Å²) in [6.07, 6.45) is 1.09. The van der Waals surface area contributed by atoms with Crippen LogP contribution in [-0.2, 0) is 0 Å². The molecular formula is C20H18NO2-. The van der Waals surface area contributed by atoms with Gasteiger partial charge in [0.2, 0.25) is 0 Å². The topological polar surface area (TPSA) is 53.0 Å². The number of aromatic nitrogens is 1. The Hall–Kier alpha value is -2.68. The van der Waals surface area contributed by atoms with Crippen molar-refractivity contribution in [2.45, 2.75) is 26.2 Å². The number of carbonyl (C=O) groups excluding carboxylic acids is 1. The smallest absolute Gasteiger partial charge is 0.0722 e. The average Bonchev–Trinajstić information content (AvgIpc) is 2.60. The monoisotopic (exact) mass is 304 g/mol. The zero-order chi connectivity index (χ0) is 16.4. The first-order valence-electron chi connectivity index (χ1n) is 7.81. The molecule has 0 N–H and O–H groups in total. The molecule has 2 aromatic carbocycles. The normalized spacial score (nSPS) is 12.3. The minimum Gasteiger partial charge on any atom is -0.545 e. The number of carboxylic acids is 1. The standard InChI is InChI=1S/C20H19NO2/c1-3-13(2)14-8-10-15(11-9-14)19-12-17(20(22)23)16-6-4-5-7-18(16)21-19/h4-13H,3H2,1-2H3,(H,22,23)/p-1/t13-/m1/s1. The molecule has 0 fully saturated rings. The van der Waals surface area contributed by atoms with Crippen molar-refractivity contribution in [2.24, 2.45) is 0 Å². The van der Waals surface area contributed by atoms with Gasteiger partial charge in [-0.1, -0.05) is 56.3 Å². The number of para-hydroxylation sites is 1. The van der Waals surface area contributed by atoms with Crippen molar-refractivity contribution in [3.8, 4) is 11.3 Å². The molecular weight excluding hydrogens is 286 g/mol. The molecule has 0 radical (unpaired) electrons. The van der Waals surface area contributed by atoms with Crippen LogP contribution < -0.4 is 5.11 Å². The molecule has 3 heteroatoms. The molecule has 0 aliphatic heterocycles. The van der Waals surface area contributed by atoms with Crippen LogP contribution in [0.3, 0.4) is 0 Å². The Morgan fingerprint density at radius 3 is 2.48 bits per heavy atom. The van der Waals surface area contributed by atoms with Gasteiger partial charge in [0.05, 0.1) is 17.2 Å². The molecule has 3 nitrogen and oxygen atoms in total. The van der Waals surface area contributed by atoms with Crippen LogP contribution in [0.15, 0.2) is 54.6 Å². The molecule has 0 aliphatic carbocycles. The van der Waals surface area contributed by atoms with Crippen molar-refractivity contribution in [3.63, 3.8) is 0 Å². The van der Waals surface area contributed by atoms with Gasteiger partial charge in [0.15, 0.2) is 0 Å². The third-order valence-corrected chi connectivity index (χ3v) is 4.32. The van der Waals surface area contributed by atoms with Crippen LogP contribution in [0, 0.1) is 0 Å². The van der Waals surface area contributed by atoms with Gasteiger partial charge in [-0.05, 0) is 30.0 Å². The Labute approximate surface area is 135 Å². The number of rotatable bonds is 4. The number of carbonyl (C=O) groups is 1. The molecule has 0 spiro atoms. The van der Waals surface area contributed by atoms with Crippen molar-refractivity contribution >= 4 is 16.9 Å². The van der Waals surface area contributed by atoms with E-state index in [1.54, 1.807) is 18.2 Å². The zero-order valence-corrected chi connectivity index (χ0v) is 13.2. The summed E-state index contributed by atoms with van der Waals surface area (Å²) in [5, 5.41) is 12.0. The van der Waals surface area contributed by atoms with Gasteiger partial charge in [0.25, 0.3) is 0 Å². The molecule has 0 unspecified atom stereocenters. The number of nitrogens with zero attached hydrogens (tertiary/aromatic N) is 1. The fourth-order valence-electron chi connectivity index (χ4n) is 2.71. The van der Waals surface area contributed by atoms with Gasteiger partial charge < -0.3 is 9.90 Å². The fraction of sp³-hybridized carbons (Fsp3) is 0.200. The number of hydrogen-bond acceptors (Lipinski definition) is 3. The summed E-state index contributed by atoms with van der Waals surface area (Å²) in [5.74, 6) is -0.673. The van der Waals surface area contributed by atoms with Gasteiger partial charge in [-0.2, -0.15) is 0 Å².